The van der Waals surface area contributed by atoms with Gasteiger partial charge in [-0.1, -0.05) is 19.8 Å². The molecule has 15 heavy (non-hydrogen) atoms. The Morgan fingerprint density at radius 1 is 1.53 bits per heavy atom. The first kappa shape index (κ1) is 12.5. The van der Waals surface area contributed by atoms with Crippen LogP contribution in [0, 0.1) is 5.92 Å². The monoisotopic (exact) mass is 215 g/mol. The first-order valence-corrected chi connectivity index (χ1v) is 5.71. The Hall–Kier alpha value is -0.610. The summed E-state index contributed by atoms with van der Waals surface area (Å²) in [7, 11) is 0. The van der Waals surface area contributed by atoms with E-state index < -0.39 is 11.5 Å². The lowest BCUT2D eigenvalue weighted by molar-refractivity contribution is -0.147. The van der Waals surface area contributed by atoms with Crippen LogP contribution in [0.3, 0.4) is 0 Å². The Morgan fingerprint density at radius 3 is 2.60 bits per heavy atom. The number of hydrogen-bond donors (Lipinski definition) is 2. The van der Waals surface area contributed by atoms with Crippen LogP contribution >= 0.6 is 0 Å². The van der Waals surface area contributed by atoms with E-state index in [2.05, 4.69) is 0 Å². The second kappa shape index (κ2) is 5.47. The molecule has 0 aliphatic carbocycles. The van der Waals surface area contributed by atoms with Crippen molar-refractivity contribution >= 4 is 5.97 Å². The lowest BCUT2D eigenvalue weighted by Gasteiger charge is -2.36. The van der Waals surface area contributed by atoms with Crippen LogP contribution in [0.5, 0.6) is 0 Å². The molecule has 0 aromatic heterocycles. The van der Waals surface area contributed by atoms with Gasteiger partial charge in [-0.25, -0.2) is 0 Å². The van der Waals surface area contributed by atoms with E-state index in [-0.39, 0.29) is 5.92 Å². The van der Waals surface area contributed by atoms with Crippen LogP contribution in [0.1, 0.15) is 39.0 Å². The van der Waals surface area contributed by atoms with Crippen LogP contribution in [-0.4, -0.2) is 29.8 Å². The van der Waals surface area contributed by atoms with Gasteiger partial charge in [0.1, 0.15) is 5.54 Å². The van der Waals surface area contributed by atoms with Crippen molar-refractivity contribution in [2.45, 2.75) is 44.6 Å². The number of aliphatic carboxylic acids is 1. The highest BCUT2D eigenvalue weighted by Gasteiger charge is 2.41. The van der Waals surface area contributed by atoms with E-state index in [1.165, 1.54) is 0 Å². The molecule has 4 nitrogen and oxygen atoms in total. The summed E-state index contributed by atoms with van der Waals surface area (Å²) in [5, 5.41) is 9.25. The fraction of sp³-hybridized carbons (Fsp3) is 0.909. The molecule has 3 N–H and O–H groups in total. The summed E-state index contributed by atoms with van der Waals surface area (Å²) in [5.41, 5.74) is 5.00. The molecular weight excluding hydrogens is 194 g/mol. The molecular formula is C11H21NO3. The van der Waals surface area contributed by atoms with E-state index in [0.29, 0.717) is 19.6 Å². The first-order valence-electron chi connectivity index (χ1n) is 5.71. The molecule has 1 saturated heterocycles. The van der Waals surface area contributed by atoms with Crippen molar-refractivity contribution in [2.75, 3.05) is 13.2 Å². The fourth-order valence-electron chi connectivity index (χ4n) is 2.17. The van der Waals surface area contributed by atoms with Crippen LogP contribution in [-0.2, 0) is 9.53 Å². The van der Waals surface area contributed by atoms with Crippen molar-refractivity contribution in [1.29, 1.82) is 0 Å². The van der Waals surface area contributed by atoms with Gasteiger partial charge in [0.25, 0.3) is 0 Å². The Kier molecular flexibility index (Phi) is 4.54. The minimum atomic E-state index is -1.04. The Morgan fingerprint density at radius 2 is 2.13 bits per heavy atom. The molecule has 0 aromatic rings. The summed E-state index contributed by atoms with van der Waals surface area (Å²) in [6.07, 6.45) is 3.97. The van der Waals surface area contributed by atoms with Crippen molar-refractivity contribution < 1.29 is 14.6 Å². The molecule has 0 bridgehead atoms. The summed E-state index contributed by atoms with van der Waals surface area (Å²) in [4.78, 5) is 11.3. The van der Waals surface area contributed by atoms with Gasteiger partial charge in [0.2, 0.25) is 0 Å². The fourth-order valence-corrected chi connectivity index (χ4v) is 2.17. The van der Waals surface area contributed by atoms with Gasteiger partial charge in [-0.2, -0.15) is 0 Å². The standard InChI is InChI=1S/C11H21NO3/c1-2-3-6-11(12,10(13)14)9-4-7-15-8-5-9/h9H,2-8,12H2,1H3,(H,13,14)/t11-/m0/s1. The third kappa shape index (κ3) is 2.92. The summed E-state index contributed by atoms with van der Waals surface area (Å²) in [5.74, 6) is -0.793. The molecule has 0 saturated carbocycles. The lowest BCUT2D eigenvalue weighted by atomic mass is 9.76. The zero-order chi connectivity index (χ0) is 11.3. The second-order valence-corrected chi connectivity index (χ2v) is 4.34. The average molecular weight is 215 g/mol. The van der Waals surface area contributed by atoms with E-state index in [1.54, 1.807) is 0 Å². The number of carboxylic acids is 1. The van der Waals surface area contributed by atoms with E-state index in [9.17, 15) is 9.90 Å². The maximum Gasteiger partial charge on any atom is 0.323 e. The number of ether oxygens (including phenoxy) is 1. The molecule has 0 spiro atoms. The molecule has 1 rings (SSSR count). The average Bonchev–Trinajstić information content (AvgIpc) is 2.27. The number of hydrogen-bond acceptors (Lipinski definition) is 3. The Labute approximate surface area is 90.8 Å². The number of nitrogens with two attached hydrogens (primary N) is 1. The molecule has 1 aliphatic rings. The summed E-state index contributed by atoms with van der Waals surface area (Å²) < 4.78 is 5.23. The van der Waals surface area contributed by atoms with Crippen LogP contribution in [0.15, 0.2) is 0 Å². The largest absolute Gasteiger partial charge is 0.480 e. The Balaban J connectivity index is 2.65. The van der Waals surface area contributed by atoms with Crippen molar-refractivity contribution in [1.82, 2.24) is 0 Å². The number of carboxylic acid groups (broad SMARTS) is 1. The van der Waals surface area contributed by atoms with Gasteiger partial charge >= 0.3 is 5.97 Å². The van der Waals surface area contributed by atoms with Gasteiger partial charge in [0.15, 0.2) is 0 Å². The van der Waals surface area contributed by atoms with Crippen molar-refractivity contribution in [3.63, 3.8) is 0 Å². The van der Waals surface area contributed by atoms with Crippen LogP contribution in [0.4, 0.5) is 0 Å². The van der Waals surface area contributed by atoms with E-state index >= 15 is 0 Å². The minimum Gasteiger partial charge on any atom is -0.480 e. The molecule has 1 fully saturated rings. The SMILES string of the molecule is CCCC[C@@](N)(C(=O)O)C1CCOCC1. The summed E-state index contributed by atoms with van der Waals surface area (Å²) in [6, 6.07) is 0. The number of carbonyl (C=O) groups is 1. The van der Waals surface area contributed by atoms with Crippen molar-refractivity contribution in [3.8, 4) is 0 Å². The third-order valence-electron chi connectivity index (χ3n) is 3.29. The molecule has 88 valence electrons. The van der Waals surface area contributed by atoms with E-state index in [1.807, 2.05) is 6.92 Å². The minimum absolute atomic E-state index is 0.0651. The lowest BCUT2D eigenvalue weighted by Crippen LogP contribution is -2.55. The van der Waals surface area contributed by atoms with Crippen LogP contribution in [0.2, 0.25) is 0 Å². The normalized spacial score (nSPS) is 22.3. The molecule has 1 atom stereocenters. The predicted octanol–water partition coefficient (Wildman–Crippen LogP) is 1.39. The van der Waals surface area contributed by atoms with Gasteiger partial charge in [-0.15, -0.1) is 0 Å². The van der Waals surface area contributed by atoms with Gasteiger partial charge < -0.3 is 15.6 Å². The summed E-state index contributed by atoms with van der Waals surface area (Å²) >= 11 is 0. The smallest absolute Gasteiger partial charge is 0.323 e. The highest BCUT2D eigenvalue weighted by molar-refractivity contribution is 5.78. The Bertz CT molecular complexity index is 214. The van der Waals surface area contributed by atoms with Gasteiger partial charge in [0, 0.05) is 13.2 Å². The number of rotatable bonds is 5. The van der Waals surface area contributed by atoms with Gasteiger partial charge in [-0.05, 0) is 25.2 Å². The molecule has 0 unspecified atom stereocenters. The van der Waals surface area contributed by atoms with Crippen molar-refractivity contribution in [2.24, 2.45) is 11.7 Å². The van der Waals surface area contributed by atoms with E-state index in [0.717, 1.165) is 25.7 Å². The molecule has 4 heteroatoms. The quantitative estimate of drug-likeness (QED) is 0.726. The molecule has 0 radical (unpaired) electrons. The second-order valence-electron chi connectivity index (χ2n) is 4.34. The highest BCUT2D eigenvalue weighted by atomic mass is 16.5. The third-order valence-corrected chi connectivity index (χ3v) is 3.29. The number of unbranched alkanes of at least 4 members (excludes halogenated alkanes) is 1. The highest BCUT2D eigenvalue weighted by Crippen LogP contribution is 2.30. The molecule has 0 aromatic carbocycles. The van der Waals surface area contributed by atoms with E-state index in [4.69, 9.17) is 10.5 Å². The van der Waals surface area contributed by atoms with Crippen LogP contribution < -0.4 is 5.73 Å². The first-order chi connectivity index (χ1) is 7.11. The van der Waals surface area contributed by atoms with Gasteiger partial charge in [0.05, 0.1) is 0 Å². The predicted molar refractivity (Wildman–Crippen MR) is 57.6 cm³/mol. The zero-order valence-electron chi connectivity index (χ0n) is 9.37. The summed E-state index contributed by atoms with van der Waals surface area (Å²) in [6.45, 7) is 3.33. The van der Waals surface area contributed by atoms with Crippen molar-refractivity contribution in [3.05, 3.63) is 0 Å². The zero-order valence-corrected chi connectivity index (χ0v) is 9.37. The van der Waals surface area contributed by atoms with Gasteiger partial charge in [-0.3, -0.25) is 4.79 Å². The topological polar surface area (TPSA) is 72.6 Å². The maximum atomic E-state index is 11.3. The van der Waals surface area contributed by atoms with Crippen LogP contribution in [0.25, 0.3) is 0 Å². The maximum absolute atomic E-state index is 11.3. The molecule has 1 aliphatic heterocycles. The molecule has 1 heterocycles. The molecule has 0 amide bonds.